The van der Waals surface area contributed by atoms with Crippen molar-refractivity contribution >= 4 is 5.91 Å². The summed E-state index contributed by atoms with van der Waals surface area (Å²) in [6.45, 7) is 1.72. The van der Waals surface area contributed by atoms with Gasteiger partial charge in [0.15, 0.2) is 11.6 Å². The van der Waals surface area contributed by atoms with Crippen LogP contribution in [-0.2, 0) is 9.53 Å². The molecule has 128 valence electrons. The van der Waals surface area contributed by atoms with Gasteiger partial charge in [0.2, 0.25) is 5.91 Å². The highest BCUT2D eigenvalue weighted by Crippen LogP contribution is 2.19. The smallest absolute Gasteiger partial charge is 0.225 e. The van der Waals surface area contributed by atoms with Crippen molar-refractivity contribution in [3.8, 4) is 5.75 Å². The van der Waals surface area contributed by atoms with Gasteiger partial charge in [-0.15, -0.1) is 0 Å². The Morgan fingerprint density at radius 2 is 2.17 bits per heavy atom. The molecule has 1 fully saturated rings. The number of benzene rings is 1. The summed E-state index contributed by atoms with van der Waals surface area (Å²) in [5.74, 6) is -0.233. The number of methoxy groups -OCH3 is 1. The highest BCUT2D eigenvalue weighted by Gasteiger charge is 2.30. The number of amides is 1. The Morgan fingerprint density at radius 3 is 2.83 bits per heavy atom. The maximum atomic E-state index is 13.4. The second-order valence-electron chi connectivity index (χ2n) is 5.99. The number of halogens is 1. The van der Waals surface area contributed by atoms with E-state index in [1.165, 1.54) is 6.07 Å². The number of ether oxygens (including phenoxy) is 2. The lowest BCUT2D eigenvalue weighted by Crippen LogP contribution is -2.39. The number of carbonyl (C=O) groups excluding carboxylic acids is 1. The first-order valence-corrected chi connectivity index (χ1v) is 7.85. The Balaban J connectivity index is 1.74. The second kappa shape index (κ2) is 8.26. The average Bonchev–Trinajstić information content (AvgIpc) is 2.89. The molecule has 1 aliphatic heterocycles. The van der Waals surface area contributed by atoms with Crippen LogP contribution in [0.1, 0.15) is 12.8 Å². The first-order chi connectivity index (χ1) is 11.0. The van der Waals surface area contributed by atoms with E-state index >= 15 is 0 Å². The van der Waals surface area contributed by atoms with Gasteiger partial charge in [-0.3, -0.25) is 9.69 Å². The predicted molar refractivity (Wildman–Crippen MR) is 86.0 cm³/mol. The average molecular weight is 324 g/mol. The first kappa shape index (κ1) is 17.7. The van der Waals surface area contributed by atoms with Crippen LogP contribution >= 0.6 is 0 Å². The minimum atomic E-state index is -0.411. The molecule has 0 aliphatic carbocycles. The summed E-state index contributed by atoms with van der Waals surface area (Å²) in [6, 6.07) is 6.51. The van der Waals surface area contributed by atoms with Crippen LogP contribution in [0.15, 0.2) is 24.3 Å². The van der Waals surface area contributed by atoms with E-state index in [1.807, 2.05) is 7.05 Å². The van der Waals surface area contributed by atoms with Gasteiger partial charge in [0, 0.05) is 33.3 Å². The number of nitrogens with zero attached hydrogens (tertiary/aromatic N) is 2. The summed E-state index contributed by atoms with van der Waals surface area (Å²) in [5, 5.41) is 0. The van der Waals surface area contributed by atoms with Gasteiger partial charge < -0.3 is 14.4 Å². The molecule has 0 radical (unpaired) electrons. The van der Waals surface area contributed by atoms with Crippen LogP contribution in [0.2, 0.25) is 0 Å². The van der Waals surface area contributed by atoms with Crippen molar-refractivity contribution in [2.45, 2.75) is 25.0 Å². The number of rotatable bonds is 7. The van der Waals surface area contributed by atoms with E-state index in [1.54, 1.807) is 37.3 Å². The van der Waals surface area contributed by atoms with Gasteiger partial charge in [-0.25, -0.2) is 4.39 Å². The zero-order chi connectivity index (χ0) is 16.8. The molecule has 23 heavy (non-hydrogen) atoms. The molecule has 5 nitrogen and oxygen atoms in total. The standard InChI is InChI=1S/C17H25FN2O3/c1-19-12-14(22-3)10-13(19)11-20(2)17(21)8-9-23-16-7-5-4-6-15(16)18/h4-7,13-14H,8-12H2,1-3H3/t13-,14-/m0/s1. The summed E-state index contributed by atoms with van der Waals surface area (Å²) in [5.41, 5.74) is 0. The fourth-order valence-corrected chi connectivity index (χ4v) is 2.83. The van der Waals surface area contributed by atoms with Crippen LogP contribution in [0.25, 0.3) is 0 Å². The third kappa shape index (κ3) is 4.91. The van der Waals surface area contributed by atoms with Crippen LogP contribution in [0, 0.1) is 5.82 Å². The van der Waals surface area contributed by atoms with Crippen LogP contribution in [0.4, 0.5) is 4.39 Å². The number of likely N-dealkylation sites (N-methyl/N-ethyl adjacent to an activating group) is 2. The lowest BCUT2D eigenvalue weighted by Gasteiger charge is -2.25. The Bertz CT molecular complexity index is 526. The molecule has 0 saturated carbocycles. The molecule has 1 heterocycles. The van der Waals surface area contributed by atoms with Gasteiger partial charge in [-0.2, -0.15) is 0 Å². The summed E-state index contributed by atoms with van der Waals surface area (Å²) in [4.78, 5) is 16.1. The Labute approximate surface area is 137 Å². The SMILES string of the molecule is CO[C@H]1C[C@@H](CN(C)C(=O)CCOc2ccccc2F)N(C)C1. The molecule has 2 atom stereocenters. The van der Waals surface area contributed by atoms with Crippen molar-refractivity contribution in [3.63, 3.8) is 0 Å². The van der Waals surface area contributed by atoms with E-state index in [0.29, 0.717) is 12.6 Å². The first-order valence-electron chi connectivity index (χ1n) is 7.85. The van der Waals surface area contributed by atoms with E-state index in [0.717, 1.165) is 13.0 Å². The van der Waals surface area contributed by atoms with Crippen LogP contribution in [-0.4, -0.2) is 68.8 Å². The van der Waals surface area contributed by atoms with Crippen LogP contribution < -0.4 is 4.74 Å². The number of hydrogen-bond acceptors (Lipinski definition) is 4. The Kier molecular flexibility index (Phi) is 6.36. The van der Waals surface area contributed by atoms with Gasteiger partial charge in [-0.1, -0.05) is 12.1 Å². The van der Waals surface area contributed by atoms with Crippen molar-refractivity contribution in [1.82, 2.24) is 9.80 Å². The lowest BCUT2D eigenvalue weighted by molar-refractivity contribution is -0.131. The van der Waals surface area contributed by atoms with Crippen molar-refractivity contribution in [3.05, 3.63) is 30.1 Å². The number of hydrogen-bond donors (Lipinski definition) is 0. The third-order valence-corrected chi connectivity index (χ3v) is 4.30. The maximum Gasteiger partial charge on any atom is 0.225 e. The monoisotopic (exact) mass is 324 g/mol. The van der Waals surface area contributed by atoms with Crippen molar-refractivity contribution < 1.29 is 18.7 Å². The Hall–Kier alpha value is -1.66. The van der Waals surface area contributed by atoms with Gasteiger partial charge >= 0.3 is 0 Å². The number of para-hydroxylation sites is 1. The summed E-state index contributed by atoms with van der Waals surface area (Å²) in [7, 11) is 5.55. The van der Waals surface area contributed by atoms with Gasteiger partial charge in [-0.05, 0) is 25.6 Å². The minimum Gasteiger partial charge on any atom is -0.490 e. The minimum absolute atomic E-state index is 0.00407. The highest BCUT2D eigenvalue weighted by atomic mass is 19.1. The fraction of sp³-hybridized carbons (Fsp3) is 0.588. The quantitative estimate of drug-likeness (QED) is 0.767. The van der Waals surface area contributed by atoms with E-state index in [9.17, 15) is 9.18 Å². The molecule has 1 aromatic carbocycles. The molecule has 6 heteroatoms. The van der Waals surface area contributed by atoms with E-state index in [-0.39, 0.29) is 30.8 Å². The topological polar surface area (TPSA) is 42.0 Å². The van der Waals surface area contributed by atoms with Crippen molar-refractivity contribution in [2.75, 3.05) is 40.9 Å². The molecule has 0 spiro atoms. The van der Waals surface area contributed by atoms with Gasteiger partial charge in [0.25, 0.3) is 0 Å². The molecule has 2 rings (SSSR count). The summed E-state index contributed by atoms with van der Waals surface area (Å²) >= 11 is 0. The van der Waals surface area contributed by atoms with E-state index in [2.05, 4.69) is 4.90 Å². The second-order valence-corrected chi connectivity index (χ2v) is 5.99. The zero-order valence-corrected chi connectivity index (χ0v) is 14.0. The molecule has 1 aliphatic rings. The van der Waals surface area contributed by atoms with Crippen LogP contribution in [0.3, 0.4) is 0 Å². The van der Waals surface area contributed by atoms with Crippen LogP contribution in [0.5, 0.6) is 5.75 Å². The van der Waals surface area contributed by atoms with Crippen molar-refractivity contribution in [1.29, 1.82) is 0 Å². The molecular weight excluding hydrogens is 299 g/mol. The number of carbonyl (C=O) groups is 1. The predicted octanol–water partition coefficient (Wildman–Crippen LogP) is 1.77. The molecule has 0 N–H and O–H groups in total. The zero-order valence-electron chi connectivity index (χ0n) is 14.0. The van der Waals surface area contributed by atoms with Crippen molar-refractivity contribution in [2.24, 2.45) is 0 Å². The molecule has 0 unspecified atom stereocenters. The highest BCUT2D eigenvalue weighted by molar-refractivity contribution is 5.76. The largest absolute Gasteiger partial charge is 0.490 e. The fourth-order valence-electron chi connectivity index (χ4n) is 2.83. The third-order valence-electron chi connectivity index (χ3n) is 4.30. The normalized spacial score (nSPS) is 21.4. The molecule has 0 bridgehead atoms. The summed E-state index contributed by atoms with van der Waals surface area (Å²) < 4.78 is 24.1. The summed E-state index contributed by atoms with van der Waals surface area (Å²) in [6.07, 6.45) is 1.39. The van der Waals surface area contributed by atoms with Gasteiger partial charge in [0.05, 0.1) is 19.1 Å². The molecule has 1 aromatic rings. The van der Waals surface area contributed by atoms with Gasteiger partial charge in [0.1, 0.15) is 0 Å². The Morgan fingerprint density at radius 1 is 1.43 bits per heavy atom. The molecular formula is C17H25FN2O3. The van der Waals surface area contributed by atoms with E-state index in [4.69, 9.17) is 9.47 Å². The molecule has 1 saturated heterocycles. The number of likely N-dealkylation sites (tertiary alicyclic amines) is 1. The molecule has 0 aromatic heterocycles. The lowest BCUT2D eigenvalue weighted by atomic mass is 10.2. The van der Waals surface area contributed by atoms with E-state index < -0.39 is 5.82 Å². The maximum absolute atomic E-state index is 13.4. The molecule has 1 amide bonds.